The third-order valence-corrected chi connectivity index (χ3v) is 6.27. The van der Waals surface area contributed by atoms with Crippen LogP contribution < -0.4 is 25.0 Å². The molecular weight excluding hydrogens is 500 g/mol. The third kappa shape index (κ3) is 5.88. The summed E-state index contributed by atoms with van der Waals surface area (Å²) in [6.45, 7) is 6.01. The maximum atomic E-state index is 13.1. The Morgan fingerprint density at radius 1 is 1.00 bits per heavy atom. The van der Waals surface area contributed by atoms with Crippen LogP contribution in [0.25, 0.3) is 10.9 Å². The molecule has 0 radical (unpaired) electrons. The van der Waals surface area contributed by atoms with Crippen molar-refractivity contribution in [3.63, 3.8) is 0 Å². The molecule has 0 aliphatic carbocycles. The molecule has 2 aromatic heterocycles. The van der Waals surface area contributed by atoms with Crippen molar-refractivity contribution in [3.05, 3.63) is 66.1 Å². The van der Waals surface area contributed by atoms with Crippen LogP contribution in [0.3, 0.4) is 0 Å². The highest BCUT2D eigenvalue weighted by Gasteiger charge is 2.16. The van der Waals surface area contributed by atoms with E-state index in [2.05, 4.69) is 30.5 Å². The molecule has 1 fully saturated rings. The highest BCUT2D eigenvalue weighted by molar-refractivity contribution is 6.05. The quantitative estimate of drug-likeness (QED) is 0.267. The van der Waals surface area contributed by atoms with Crippen LogP contribution in [0.4, 0.5) is 23.0 Å². The molecule has 3 heterocycles. The number of ether oxygens (including phenoxy) is 3. The Labute approximate surface area is 225 Å². The first-order chi connectivity index (χ1) is 18.9. The first-order valence-corrected chi connectivity index (χ1v) is 12.4. The van der Waals surface area contributed by atoms with Crippen LogP contribution in [-0.4, -0.2) is 60.2 Å². The summed E-state index contributed by atoms with van der Waals surface area (Å²) in [5.74, 6) is 1.19. The minimum Gasteiger partial charge on any atom is -0.493 e. The van der Waals surface area contributed by atoms with Crippen LogP contribution >= 0.6 is 0 Å². The van der Waals surface area contributed by atoms with Crippen LogP contribution in [0.5, 0.6) is 11.5 Å². The van der Waals surface area contributed by atoms with Crippen LogP contribution in [0, 0.1) is 6.92 Å². The van der Waals surface area contributed by atoms with Crippen LogP contribution in [-0.2, 0) is 9.53 Å². The second kappa shape index (κ2) is 11.3. The zero-order valence-electron chi connectivity index (χ0n) is 21.9. The number of hydrogen-bond donors (Lipinski definition) is 2. The molecule has 0 saturated carbocycles. The number of aryl methyl sites for hydroxylation is 1. The minimum absolute atomic E-state index is 0.243. The van der Waals surface area contributed by atoms with Crippen LogP contribution in [0.15, 0.2) is 55.0 Å². The van der Waals surface area contributed by atoms with Gasteiger partial charge in [0.15, 0.2) is 11.5 Å². The molecule has 0 unspecified atom stereocenters. The van der Waals surface area contributed by atoms with Crippen molar-refractivity contribution >= 4 is 45.8 Å². The van der Waals surface area contributed by atoms with E-state index in [1.165, 1.54) is 20.4 Å². The number of nitrogens with one attached hydrogen (secondary N) is 2. The number of pyridine rings is 1. The average molecular weight is 529 g/mol. The second-order valence-electron chi connectivity index (χ2n) is 8.95. The molecule has 200 valence electrons. The topological polar surface area (TPSA) is 128 Å². The standard InChI is InChI=1S/C28H28N6O5/c1-17-4-5-20(32-28(36)19-6-7-29-26(12-19)34-8-10-38-11-9-34)13-22(17)33-27-21-14-25(39-18(2)35)24(37-3)15-23(21)30-16-31-27/h4-7,12-16H,8-11H2,1-3H3,(H,32,36)(H,30,31,33). The summed E-state index contributed by atoms with van der Waals surface area (Å²) < 4.78 is 16.1. The Bertz CT molecular complexity index is 1540. The summed E-state index contributed by atoms with van der Waals surface area (Å²) in [7, 11) is 1.49. The summed E-state index contributed by atoms with van der Waals surface area (Å²) in [6.07, 6.45) is 3.08. The fourth-order valence-corrected chi connectivity index (χ4v) is 4.25. The summed E-state index contributed by atoms with van der Waals surface area (Å²) in [4.78, 5) is 39.9. The number of hydrogen-bond acceptors (Lipinski definition) is 10. The molecule has 0 spiro atoms. The van der Waals surface area contributed by atoms with E-state index in [-0.39, 0.29) is 11.7 Å². The third-order valence-electron chi connectivity index (χ3n) is 6.27. The number of methoxy groups -OCH3 is 1. The Balaban J connectivity index is 1.39. The number of aromatic nitrogens is 3. The average Bonchev–Trinajstić information content (AvgIpc) is 2.95. The molecule has 11 heteroatoms. The number of morpholine rings is 1. The molecule has 5 rings (SSSR count). The second-order valence-corrected chi connectivity index (χ2v) is 8.95. The van der Waals surface area contributed by atoms with Crippen molar-refractivity contribution in [3.8, 4) is 11.5 Å². The molecule has 1 saturated heterocycles. The van der Waals surface area contributed by atoms with Gasteiger partial charge in [0.2, 0.25) is 0 Å². The Kier molecular flexibility index (Phi) is 7.50. The lowest BCUT2D eigenvalue weighted by atomic mass is 10.1. The molecule has 2 N–H and O–H groups in total. The Morgan fingerprint density at radius 2 is 1.82 bits per heavy atom. The molecule has 1 aliphatic rings. The van der Waals surface area contributed by atoms with E-state index in [4.69, 9.17) is 14.2 Å². The first-order valence-electron chi connectivity index (χ1n) is 12.4. The van der Waals surface area contributed by atoms with Gasteiger partial charge in [-0.15, -0.1) is 0 Å². The highest BCUT2D eigenvalue weighted by Crippen LogP contribution is 2.35. The van der Waals surface area contributed by atoms with Gasteiger partial charge in [-0.1, -0.05) is 6.07 Å². The fraction of sp³-hybridized carbons (Fsp3) is 0.250. The maximum absolute atomic E-state index is 13.1. The summed E-state index contributed by atoms with van der Waals surface area (Å²) in [5.41, 5.74) is 3.40. The number of nitrogens with zero attached hydrogens (tertiary/aromatic N) is 4. The van der Waals surface area contributed by atoms with Gasteiger partial charge in [-0.2, -0.15) is 0 Å². The summed E-state index contributed by atoms with van der Waals surface area (Å²) in [6, 6.07) is 12.4. The number of rotatable bonds is 7. The number of fused-ring (bicyclic) bond motifs is 1. The Morgan fingerprint density at radius 3 is 2.59 bits per heavy atom. The lowest BCUT2D eigenvalue weighted by molar-refractivity contribution is -0.132. The van der Waals surface area contributed by atoms with E-state index < -0.39 is 5.97 Å². The largest absolute Gasteiger partial charge is 0.493 e. The first kappa shape index (κ1) is 25.9. The van der Waals surface area contributed by atoms with Crippen molar-refractivity contribution < 1.29 is 23.8 Å². The predicted octanol–water partition coefficient (Wildman–Crippen LogP) is 4.10. The van der Waals surface area contributed by atoms with Crippen molar-refractivity contribution in [2.45, 2.75) is 13.8 Å². The SMILES string of the molecule is COc1cc2ncnc(Nc3cc(NC(=O)c4ccnc(N5CCOCC5)c4)ccc3C)c2cc1OC(C)=O. The molecule has 0 atom stereocenters. The van der Waals surface area contributed by atoms with Gasteiger partial charge in [-0.25, -0.2) is 15.0 Å². The number of anilines is 4. The number of amides is 1. The van der Waals surface area contributed by atoms with Crippen LogP contribution in [0.2, 0.25) is 0 Å². The summed E-state index contributed by atoms with van der Waals surface area (Å²) >= 11 is 0. The molecule has 11 nitrogen and oxygen atoms in total. The van der Waals surface area contributed by atoms with E-state index >= 15 is 0 Å². The fourth-order valence-electron chi connectivity index (χ4n) is 4.25. The van der Waals surface area contributed by atoms with Gasteiger partial charge in [0, 0.05) is 54.6 Å². The number of esters is 1. The zero-order chi connectivity index (χ0) is 27.4. The van der Waals surface area contributed by atoms with Gasteiger partial charge in [-0.05, 0) is 42.8 Å². The number of carbonyl (C=O) groups excluding carboxylic acids is 2. The van der Waals surface area contributed by atoms with E-state index in [9.17, 15) is 9.59 Å². The van der Waals surface area contributed by atoms with Gasteiger partial charge in [0.1, 0.15) is 18.0 Å². The molecule has 0 bridgehead atoms. The molecule has 1 amide bonds. The van der Waals surface area contributed by atoms with Crippen LogP contribution in [0.1, 0.15) is 22.8 Å². The highest BCUT2D eigenvalue weighted by atomic mass is 16.6. The van der Waals surface area contributed by atoms with Gasteiger partial charge < -0.3 is 29.7 Å². The van der Waals surface area contributed by atoms with E-state index in [0.29, 0.717) is 46.9 Å². The monoisotopic (exact) mass is 528 g/mol. The molecule has 39 heavy (non-hydrogen) atoms. The van der Waals surface area contributed by atoms with Crippen molar-refractivity contribution in [2.24, 2.45) is 0 Å². The lowest BCUT2D eigenvalue weighted by Gasteiger charge is -2.27. The molecule has 4 aromatic rings. The maximum Gasteiger partial charge on any atom is 0.308 e. The van der Waals surface area contributed by atoms with Gasteiger partial charge in [0.05, 0.1) is 25.8 Å². The van der Waals surface area contributed by atoms with Crippen molar-refractivity contribution in [1.29, 1.82) is 0 Å². The minimum atomic E-state index is -0.468. The van der Waals surface area contributed by atoms with E-state index in [0.717, 1.165) is 30.2 Å². The van der Waals surface area contributed by atoms with E-state index in [1.54, 1.807) is 30.5 Å². The summed E-state index contributed by atoms with van der Waals surface area (Å²) in [5, 5.41) is 6.93. The normalized spacial score (nSPS) is 13.2. The van der Waals surface area contributed by atoms with Gasteiger partial charge in [0.25, 0.3) is 5.91 Å². The number of carbonyl (C=O) groups is 2. The van der Waals surface area contributed by atoms with Crippen molar-refractivity contribution in [2.75, 3.05) is 48.9 Å². The van der Waals surface area contributed by atoms with Crippen molar-refractivity contribution in [1.82, 2.24) is 15.0 Å². The van der Waals surface area contributed by atoms with E-state index in [1.807, 2.05) is 25.1 Å². The molecule has 2 aromatic carbocycles. The Hall–Kier alpha value is -4.77. The smallest absolute Gasteiger partial charge is 0.308 e. The molecule has 1 aliphatic heterocycles. The predicted molar refractivity (Wildman–Crippen MR) is 147 cm³/mol. The molecular formula is C28H28N6O5. The van der Waals surface area contributed by atoms with Gasteiger partial charge in [-0.3, -0.25) is 9.59 Å². The number of benzene rings is 2. The zero-order valence-corrected chi connectivity index (χ0v) is 21.9. The van der Waals surface area contributed by atoms with Gasteiger partial charge >= 0.3 is 5.97 Å². The lowest BCUT2D eigenvalue weighted by Crippen LogP contribution is -2.36.